The Labute approximate surface area is 303 Å². The van der Waals surface area contributed by atoms with Gasteiger partial charge in [0.25, 0.3) is 0 Å². The van der Waals surface area contributed by atoms with Gasteiger partial charge in [0, 0.05) is 51.4 Å². The summed E-state index contributed by atoms with van der Waals surface area (Å²) in [5.74, 6) is 3.89. The summed E-state index contributed by atoms with van der Waals surface area (Å²) in [6.07, 6.45) is 1.85. The zero-order chi connectivity index (χ0) is 33.9. The van der Waals surface area contributed by atoms with E-state index in [2.05, 4.69) is 118 Å². The van der Waals surface area contributed by atoms with Gasteiger partial charge < -0.3 is 19.1 Å². The van der Waals surface area contributed by atoms with Gasteiger partial charge in [-0.15, -0.1) is 40.8 Å². The number of para-hydroxylation sites is 1. The maximum Gasteiger partial charge on any atom is 2.00 e. The topological polar surface area (TPSA) is 51.4 Å². The van der Waals surface area contributed by atoms with Crippen LogP contribution in [-0.4, -0.2) is 47.5 Å². The van der Waals surface area contributed by atoms with Crippen LogP contribution in [-0.2, 0) is 21.1 Å². The quantitative estimate of drug-likeness (QED) is 0.150. The monoisotopic (exact) mass is 827 g/mol. The predicted octanol–water partition coefficient (Wildman–Crippen LogP) is 9.10. The number of pyridine rings is 1. The van der Waals surface area contributed by atoms with Crippen molar-refractivity contribution in [3.05, 3.63) is 119 Å². The molecule has 0 saturated heterocycles. The second-order valence-electron chi connectivity index (χ2n) is 13.0. The SMILES string of the molecule is Cc1ccnc(-n2c3[c-]c(Oc4[c-]c(-n5nc(N(C)C)c(-c6c(C)cc(C)c(C)c6C)c5N(C)C)ccc4)ccc3c3ccccc32)c1.[Pt+2]. The van der Waals surface area contributed by atoms with Crippen LogP contribution in [0.25, 0.3) is 44.4 Å². The van der Waals surface area contributed by atoms with E-state index < -0.39 is 0 Å². The van der Waals surface area contributed by atoms with Crippen LogP contribution >= 0.6 is 0 Å². The van der Waals surface area contributed by atoms with Gasteiger partial charge in [-0.05, 0) is 97.3 Å². The number of ether oxygens (including phenoxy) is 1. The fourth-order valence-corrected chi connectivity index (χ4v) is 6.74. The number of anilines is 2. The van der Waals surface area contributed by atoms with Crippen LogP contribution in [0.5, 0.6) is 11.5 Å². The molecule has 8 heteroatoms. The Bertz CT molecular complexity index is 2350. The molecule has 3 heterocycles. The molecule has 0 fully saturated rings. The molecular weight excluding hydrogens is 788 g/mol. The van der Waals surface area contributed by atoms with Crippen LogP contribution in [0.2, 0.25) is 0 Å². The van der Waals surface area contributed by atoms with Crippen LogP contribution in [0.4, 0.5) is 11.6 Å². The number of aryl methyl sites for hydroxylation is 3. The first-order valence-corrected chi connectivity index (χ1v) is 16.2. The number of fused-ring (bicyclic) bond motifs is 3. The van der Waals surface area contributed by atoms with Crippen molar-refractivity contribution in [1.82, 2.24) is 19.3 Å². The summed E-state index contributed by atoms with van der Waals surface area (Å²) in [5.41, 5.74) is 11.3. The predicted molar refractivity (Wildman–Crippen MR) is 198 cm³/mol. The Balaban J connectivity index is 0.00000417. The van der Waals surface area contributed by atoms with E-state index in [0.29, 0.717) is 11.5 Å². The van der Waals surface area contributed by atoms with E-state index in [4.69, 9.17) is 14.8 Å². The van der Waals surface area contributed by atoms with Crippen molar-refractivity contribution < 1.29 is 25.8 Å². The zero-order valence-electron chi connectivity index (χ0n) is 29.4. The van der Waals surface area contributed by atoms with Gasteiger partial charge in [0.1, 0.15) is 11.6 Å². The molecule has 0 aliphatic rings. The van der Waals surface area contributed by atoms with E-state index >= 15 is 0 Å². The van der Waals surface area contributed by atoms with Gasteiger partial charge >= 0.3 is 21.1 Å². The third-order valence-corrected chi connectivity index (χ3v) is 9.18. The molecule has 0 N–H and O–H groups in total. The number of hydrogen-bond acceptors (Lipinski definition) is 5. The van der Waals surface area contributed by atoms with Gasteiger partial charge in [0.05, 0.1) is 5.56 Å². The van der Waals surface area contributed by atoms with E-state index in [0.717, 1.165) is 56.1 Å². The number of rotatable bonds is 7. The molecule has 7 nitrogen and oxygen atoms in total. The van der Waals surface area contributed by atoms with Crippen LogP contribution in [0, 0.1) is 46.8 Å². The molecule has 0 saturated carbocycles. The fourth-order valence-electron chi connectivity index (χ4n) is 6.74. The Hall–Kier alpha value is -4.87. The summed E-state index contributed by atoms with van der Waals surface area (Å²) in [4.78, 5) is 8.92. The van der Waals surface area contributed by atoms with Crippen molar-refractivity contribution in [3.8, 4) is 34.1 Å². The summed E-state index contributed by atoms with van der Waals surface area (Å²) in [7, 11) is 8.22. The molecular formula is C41H40N6OPt. The molecule has 3 aromatic heterocycles. The van der Waals surface area contributed by atoms with E-state index in [1.807, 2.05) is 55.3 Å². The minimum Gasteiger partial charge on any atom is -0.509 e. The maximum atomic E-state index is 6.49. The molecule has 0 spiro atoms. The van der Waals surface area contributed by atoms with Gasteiger partial charge in [-0.3, -0.25) is 0 Å². The van der Waals surface area contributed by atoms with E-state index in [1.54, 1.807) is 0 Å². The van der Waals surface area contributed by atoms with E-state index in [1.165, 1.54) is 27.8 Å². The third kappa shape index (κ3) is 5.91. The minimum absolute atomic E-state index is 0. The first-order chi connectivity index (χ1) is 23.0. The van der Waals surface area contributed by atoms with Crippen molar-refractivity contribution in [2.45, 2.75) is 34.6 Å². The second-order valence-corrected chi connectivity index (χ2v) is 13.0. The molecule has 0 atom stereocenters. The summed E-state index contributed by atoms with van der Waals surface area (Å²) >= 11 is 0. The number of benzene rings is 4. The standard InChI is InChI=1S/C41H40N6O.Pt/c1-25-19-20-42-37(21-25)46-35-16-11-10-15-33(35)34-18-17-32(24-36(34)46)48-31-14-12-13-30(23-31)47-41(45(8)9)39(40(43-47)44(6)7)38-27(3)22-26(2)28(4)29(38)5;/h10-22H,1-9H3;/q-2;+2. The third-order valence-electron chi connectivity index (χ3n) is 9.18. The first kappa shape index (κ1) is 34.0. The second kappa shape index (κ2) is 13.2. The van der Waals surface area contributed by atoms with Crippen LogP contribution in [0.1, 0.15) is 27.8 Å². The maximum absolute atomic E-state index is 6.49. The zero-order valence-corrected chi connectivity index (χ0v) is 31.7. The molecule has 0 amide bonds. The number of aromatic nitrogens is 4. The van der Waals surface area contributed by atoms with Crippen LogP contribution < -0.4 is 14.5 Å². The Morgan fingerprint density at radius 2 is 1.45 bits per heavy atom. The molecule has 49 heavy (non-hydrogen) atoms. The van der Waals surface area contributed by atoms with E-state index in [9.17, 15) is 0 Å². The largest absolute Gasteiger partial charge is 2.00 e. The van der Waals surface area contributed by atoms with Crippen molar-refractivity contribution in [3.63, 3.8) is 0 Å². The van der Waals surface area contributed by atoms with Crippen molar-refractivity contribution >= 4 is 33.4 Å². The average molecular weight is 828 g/mol. The van der Waals surface area contributed by atoms with Crippen molar-refractivity contribution in [2.24, 2.45) is 0 Å². The molecule has 4 aromatic carbocycles. The first-order valence-electron chi connectivity index (χ1n) is 16.2. The van der Waals surface area contributed by atoms with Gasteiger partial charge in [-0.25, -0.2) is 9.67 Å². The molecule has 0 aliphatic heterocycles. The number of nitrogens with zero attached hydrogens (tertiary/aromatic N) is 6. The molecule has 0 unspecified atom stereocenters. The smallest absolute Gasteiger partial charge is 0.509 e. The summed E-state index contributed by atoms with van der Waals surface area (Å²) in [5, 5.41) is 7.41. The molecule has 0 aliphatic carbocycles. The van der Waals surface area contributed by atoms with Gasteiger partial charge in [-0.1, -0.05) is 29.8 Å². The molecule has 7 aromatic rings. The Morgan fingerprint density at radius 1 is 0.694 bits per heavy atom. The van der Waals surface area contributed by atoms with Gasteiger partial charge in [0.15, 0.2) is 5.82 Å². The van der Waals surface area contributed by atoms with Crippen molar-refractivity contribution in [1.29, 1.82) is 0 Å². The normalized spacial score (nSPS) is 11.2. The summed E-state index contributed by atoms with van der Waals surface area (Å²) < 4.78 is 10.6. The van der Waals surface area contributed by atoms with Gasteiger partial charge in [0.2, 0.25) is 0 Å². The molecule has 0 bridgehead atoms. The summed E-state index contributed by atoms with van der Waals surface area (Å²) in [6, 6.07) is 31.8. The van der Waals surface area contributed by atoms with Crippen molar-refractivity contribution in [2.75, 3.05) is 38.0 Å². The van der Waals surface area contributed by atoms with E-state index in [-0.39, 0.29) is 21.1 Å². The molecule has 0 radical (unpaired) electrons. The Kier molecular flexibility index (Phi) is 9.17. The summed E-state index contributed by atoms with van der Waals surface area (Å²) in [6.45, 7) is 10.9. The minimum atomic E-state index is 0. The molecule has 7 rings (SSSR count). The van der Waals surface area contributed by atoms with Gasteiger partial charge in [-0.2, -0.15) is 12.1 Å². The van der Waals surface area contributed by atoms with Crippen LogP contribution in [0.3, 0.4) is 0 Å². The molecule has 250 valence electrons. The fraction of sp³-hybridized carbons (Fsp3) is 0.220. The average Bonchev–Trinajstić information content (AvgIpc) is 3.61. The number of hydrogen-bond donors (Lipinski definition) is 0. The van der Waals surface area contributed by atoms with Crippen LogP contribution in [0.15, 0.2) is 79.0 Å². The Morgan fingerprint density at radius 3 is 2.18 bits per heavy atom.